The lowest BCUT2D eigenvalue weighted by atomic mass is 10.2. The van der Waals surface area contributed by atoms with Crippen molar-refractivity contribution in [1.29, 1.82) is 5.26 Å². The maximum Gasteiger partial charge on any atom is 0.144 e. The monoisotopic (exact) mass is 302 g/mol. The summed E-state index contributed by atoms with van der Waals surface area (Å²) in [4.78, 5) is 0. The first-order valence-electron chi connectivity index (χ1n) is 5.36. The maximum absolute atomic E-state index is 8.87. The first-order chi connectivity index (χ1) is 8.70. The molecule has 2 aromatic carbocycles. The van der Waals surface area contributed by atoms with Gasteiger partial charge in [0.05, 0.1) is 11.3 Å². The SMILES string of the molecule is N#Cc1cccc(OCc2cccc(Br)c2)c1N. The minimum Gasteiger partial charge on any atom is -0.487 e. The Morgan fingerprint density at radius 3 is 2.72 bits per heavy atom. The van der Waals surface area contributed by atoms with E-state index in [4.69, 9.17) is 15.7 Å². The van der Waals surface area contributed by atoms with Gasteiger partial charge in [-0.15, -0.1) is 0 Å². The molecule has 0 amide bonds. The van der Waals surface area contributed by atoms with E-state index in [9.17, 15) is 0 Å². The van der Waals surface area contributed by atoms with Gasteiger partial charge in [-0.3, -0.25) is 0 Å². The van der Waals surface area contributed by atoms with E-state index >= 15 is 0 Å². The molecule has 0 saturated heterocycles. The van der Waals surface area contributed by atoms with E-state index in [0.717, 1.165) is 10.0 Å². The largest absolute Gasteiger partial charge is 0.487 e. The van der Waals surface area contributed by atoms with Crippen molar-refractivity contribution in [3.8, 4) is 11.8 Å². The molecule has 0 aliphatic heterocycles. The van der Waals surface area contributed by atoms with Gasteiger partial charge in [0.1, 0.15) is 18.4 Å². The molecule has 2 aromatic rings. The first kappa shape index (κ1) is 12.5. The molecule has 3 nitrogen and oxygen atoms in total. The predicted molar refractivity (Wildman–Crippen MR) is 74.0 cm³/mol. The smallest absolute Gasteiger partial charge is 0.144 e. The number of ether oxygens (including phenoxy) is 1. The highest BCUT2D eigenvalue weighted by atomic mass is 79.9. The topological polar surface area (TPSA) is 59.0 Å². The van der Waals surface area contributed by atoms with Crippen LogP contribution in [0, 0.1) is 11.3 Å². The lowest BCUT2D eigenvalue weighted by molar-refractivity contribution is 0.308. The molecule has 90 valence electrons. The highest BCUT2D eigenvalue weighted by Gasteiger charge is 2.05. The average molecular weight is 303 g/mol. The summed E-state index contributed by atoms with van der Waals surface area (Å²) in [6.07, 6.45) is 0. The molecule has 0 aliphatic rings. The summed E-state index contributed by atoms with van der Waals surface area (Å²) in [7, 11) is 0. The molecule has 0 saturated carbocycles. The predicted octanol–water partition coefficient (Wildman–Crippen LogP) is 3.48. The van der Waals surface area contributed by atoms with Crippen LogP contribution in [-0.2, 0) is 6.61 Å². The van der Waals surface area contributed by atoms with Crippen LogP contribution >= 0.6 is 15.9 Å². The number of nitriles is 1. The lowest BCUT2D eigenvalue weighted by Crippen LogP contribution is -2.00. The Bertz CT molecular complexity index is 605. The van der Waals surface area contributed by atoms with Crippen molar-refractivity contribution in [3.63, 3.8) is 0 Å². The number of para-hydroxylation sites is 1. The van der Waals surface area contributed by atoms with Crippen LogP contribution in [0.15, 0.2) is 46.9 Å². The van der Waals surface area contributed by atoms with Gasteiger partial charge in [0.15, 0.2) is 0 Å². The molecule has 0 aliphatic carbocycles. The van der Waals surface area contributed by atoms with Crippen LogP contribution in [0.1, 0.15) is 11.1 Å². The molecular formula is C14H11BrN2O. The summed E-state index contributed by atoms with van der Waals surface area (Å²) in [6, 6.07) is 15.1. The van der Waals surface area contributed by atoms with Crippen molar-refractivity contribution in [2.75, 3.05) is 5.73 Å². The van der Waals surface area contributed by atoms with Gasteiger partial charge in [0.2, 0.25) is 0 Å². The molecule has 18 heavy (non-hydrogen) atoms. The van der Waals surface area contributed by atoms with E-state index in [1.165, 1.54) is 0 Å². The Labute approximate surface area is 114 Å². The minimum absolute atomic E-state index is 0.384. The Morgan fingerprint density at radius 2 is 2.00 bits per heavy atom. The van der Waals surface area contributed by atoms with Gasteiger partial charge >= 0.3 is 0 Å². The summed E-state index contributed by atoms with van der Waals surface area (Å²) < 4.78 is 6.63. The summed E-state index contributed by atoms with van der Waals surface area (Å²) >= 11 is 3.40. The van der Waals surface area contributed by atoms with Crippen LogP contribution in [0.4, 0.5) is 5.69 Å². The quantitative estimate of drug-likeness (QED) is 0.883. The van der Waals surface area contributed by atoms with Crippen molar-refractivity contribution in [3.05, 3.63) is 58.1 Å². The van der Waals surface area contributed by atoms with Crippen LogP contribution in [0.2, 0.25) is 0 Å². The number of rotatable bonds is 3. The number of hydrogen-bond acceptors (Lipinski definition) is 3. The van der Waals surface area contributed by atoms with Crippen molar-refractivity contribution < 1.29 is 4.74 Å². The van der Waals surface area contributed by atoms with E-state index in [-0.39, 0.29) is 0 Å². The Kier molecular flexibility index (Phi) is 3.85. The molecule has 0 bridgehead atoms. The fourth-order valence-electron chi connectivity index (χ4n) is 1.56. The number of halogens is 1. The molecule has 0 aromatic heterocycles. The average Bonchev–Trinajstić information content (AvgIpc) is 2.38. The van der Waals surface area contributed by atoms with Crippen LogP contribution in [0.25, 0.3) is 0 Å². The fourth-order valence-corrected chi connectivity index (χ4v) is 2.00. The van der Waals surface area contributed by atoms with Gasteiger partial charge in [-0.05, 0) is 29.8 Å². The molecule has 0 spiro atoms. The maximum atomic E-state index is 8.87. The minimum atomic E-state index is 0.384. The second-order valence-electron chi connectivity index (χ2n) is 3.75. The van der Waals surface area contributed by atoms with E-state index in [1.807, 2.05) is 30.3 Å². The van der Waals surface area contributed by atoms with E-state index in [0.29, 0.717) is 23.6 Å². The van der Waals surface area contributed by atoms with E-state index in [1.54, 1.807) is 18.2 Å². The zero-order chi connectivity index (χ0) is 13.0. The zero-order valence-electron chi connectivity index (χ0n) is 9.56. The normalized spacial score (nSPS) is 9.78. The van der Waals surface area contributed by atoms with Crippen LogP contribution < -0.4 is 10.5 Å². The van der Waals surface area contributed by atoms with Gasteiger partial charge in [-0.1, -0.05) is 34.1 Å². The summed E-state index contributed by atoms with van der Waals surface area (Å²) in [5, 5.41) is 8.87. The highest BCUT2D eigenvalue weighted by molar-refractivity contribution is 9.10. The molecule has 4 heteroatoms. The van der Waals surface area contributed by atoms with Gasteiger partial charge in [-0.2, -0.15) is 5.26 Å². The first-order valence-corrected chi connectivity index (χ1v) is 6.16. The molecule has 0 radical (unpaired) electrons. The van der Waals surface area contributed by atoms with Crippen LogP contribution in [0.5, 0.6) is 5.75 Å². The van der Waals surface area contributed by atoms with Crippen LogP contribution in [0.3, 0.4) is 0 Å². The standard InChI is InChI=1S/C14H11BrN2O/c15-12-5-1-3-10(7-12)9-18-13-6-2-4-11(8-16)14(13)17/h1-7H,9,17H2. The molecule has 2 rings (SSSR count). The number of benzene rings is 2. The highest BCUT2D eigenvalue weighted by Crippen LogP contribution is 2.25. The van der Waals surface area contributed by atoms with Gasteiger partial charge in [0.25, 0.3) is 0 Å². The Hall–Kier alpha value is -1.99. The fraction of sp³-hybridized carbons (Fsp3) is 0.0714. The Balaban J connectivity index is 2.14. The van der Waals surface area contributed by atoms with Gasteiger partial charge in [0, 0.05) is 4.47 Å². The third-order valence-electron chi connectivity index (χ3n) is 2.47. The summed E-state index contributed by atoms with van der Waals surface area (Å²) in [5.41, 5.74) is 7.68. The number of nitrogens with zero attached hydrogens (tertiary/aromatic N) is 1. The number of nitrogen functional groups attached to an aromatic ring is 1. The number of anilines is 1. The van der Waals surface area contributed by atoms with Crippen molar-refractivity contribution in [1.82, 2.24) is 0 Å². The third-order valence-corrected chi connectivity index (χ3v) is 2.96. The van der Waals surface area contributed by atoms with Crippen molar-refractivity contribution >= 4 is 21.6 Å². The van der Waals surface area contributed by atoms with E-state index in [2.05, 4.69) is 15.9 Å². The second kappa shape index (κ2) is 5.56. The third kappa shape index (κ3) is 2.82. The Morgan fingerprint density at radius 1 is 1.22 bits per heavy atom. The number of hydrogen-bond donors (Lipinski definition) is 1. The lowest BCUT2D eigenvalue weighted by Gasteiger charge is -2.09. The molecule has 0 heterocycles. The van der Waals surface area contributed by atoms with Crippen molar-refractivity contribution in [2.24, 2.45) is 0 Å². The van der Waals surface area contributed by atoms with Gasteiger partial charge in [-0.25, -0.2) is 0 Å². The summed E-state index contributed by atoms with van der Waals surface area (Å²) in [5.74, 6) is 0.536. The zero-order valence-corrected chi connectivity index (χ0v) is 11.1. The van der Waals surface area contributed by atoms with Crippen LogP contribution in [-0.4, -0.2) is 0 Å². The summed E-state index contributed by atoms with van der Waals surface area (Å²) in [6.45, 7) is 0.415. The van der Waals surface area contributed by atoms with Crippen molar-refractivity contribution in [2.45, 2.75) is 6.61 Å². The number of nitrogens with two attached hydrogens (primary N) is 1. The molecule has 2 N–H and O–H groups in total. The second-order valence-corrected chi connectivity index (χ2v) is 4.66. The van der Waals surface area contributed by atoms with E-state index < -0.39 is 0 Å². The molecule has 0 atom stereocenters. The molecule has 0 unspecified atom stereocenters. The van der Waals surface area contributed by atoms with Gasteiger partial charge < -0.3 is 10.5 Å². The molecular weight excluding hydrogens is 292 g/mol. The molecule has 0 fully saturated rings.